The highest BCUT2D eigenvalue weighted by atomic mass is 15.1. The van der Waals surface area contributed by atoms with Crippen LogP contribution in [0.1, 0.15) is 40.0 Å². The second kappa shape index (κ2) is 7.34. The van der Waals surface area contributed by atoms with Crippen molar-refractivity contribution in [2.45, 2.75) is 52.1 Å². The molecule has 13 heavy (non-hydrogen) atoms. The van der Waals surface area contributed by atoms with Crippen molar-refractivity contribution in [2.75, 3.05) is 20.6 Å². The topological polar surface area (TPSA) is 15.3 Å². The van der Waals surface area contributed by atoms with Crippen LogP contribution in [0.15, 0.2) is 0 Å². The average Bonchev–Trinajstić information content (AvgIpc) is 2.14. The highest BCUT2D eigenvalue weighted by Crippen LogP contribution is 2.05. The molecule has 2 heteroatoms. The zero-order chi connectivity index (χ0) is 10.3. The minimum absolute atomic E-state index is 0.643. The van der Waals surface area contributed by atoms with Crippen LogP contribution in [0.25, 0.3) is 0 Å². The summed E-state index contributed by atoms with van der Waals surface area (Å²) in [5.41, 5.74) is 0. The van der Waals surface area contributed by atoms with E-state index in [0.717, 1.165) is 6.54 Å². The van der Waals surface area contributed by atoms with E-state index in [2.05, 4.69) is 38.0 Å². The standard InChI is InChI=1S/C11H26N2/c1-6-8-10(3)13(5)9-11(7-2)12-4/h10-12H,6-9H2,1-5H3. The number of rotatable bonds is 7. The number of likely N-dealkylation sites (N-methyl/N-ethyl adjacent to an activating group) is 2. The molecule has 0 saturated carbocycles. The summed E-state index contributed by atoms with van der Waals surface area (Å²) in [6.07, 6.45) is 3.79. The van der Waals surface area contributed by atoms with E-state index in [0.29, 0.717) is 12.1 Å². The Morgan fingerprint density at radius 2 is 1.92 bits per heavy atom. The van der Waals surface area contributed by atoms with Crippen molar-refractivity contribution in [1.29, 1.82) is 0 Å². The molecule has 0 radical (unpaired) electrons. The molecule has 80 valence electrons. The van der Waals surface area contributed by atoms with Crippen LogP contribution in [-0.2, 0) is 0 Å². The van der Waals surface area contributed by atoms with Gasteiger partial charge in [-0.3, -0.25) is 0 Å². The van der Waals surface area contributed by atoms with Crippen molar-refractivity contribution in [3.05, 3.63) is 0 Å². The van der Waals surface area contributed by atoms with Gasteiger partial charge in [0.1, 0.15) is 0 Å². The van der Waals surface area contributed by atoms with Gasteiger partial charge in [0.2, 0.25) is 0 Å². The van der Waals surface area contributed by atoms with E-state index in [4.69, 9.17) is 0 Å². The molecule has 0 aromatic rings. The first kappa shape index (κ1) is 12.9. The van der Waals surface area contributed by atoms with E-state index < -0.39 is 0 Å². The van der Waals surface area contributed by atoms with Crippen LogP contribution in [0.4, 0.5) is 0 Å². The van der Waals surface area contributed by atoms with Gasteiger partial charge in [-0.05, 0) is 33.9 Å². The molecule has 0 aromatic heterocycles. The van der Waals surface area contributed by atoms with Crippen molar-refractivity contribution < 1.29 is 0 Å². The molecular formula is C11H26N2. The second-order valence-electron chi connectivity index (χ2n) is 3.97. The molecule has 0 amide bonds. The molecular weight excluding hydrogens is 160 g/mol. The monoisotopic (exact) mass is 186 g/mol. The van der Waals surface area contributed by atoms with Crippen molar-refractivity contribution in [1.82, 2.24) is 10.2 Å². The Morgan fingerprint density at radius 1 is 1.31 bits per heavy atom. The highest BCUT2D eigenvalue weighted by molar-refractivity contribution is 4.70. The number of hydrogen-bond donors (Lipinski definition) is 1. The summed E-state index contributed by atoms with van der Waals surface area (Å²) < 4.78 is 0. The number of nitrogens with zero attached hydrogens (tertiary/aromatic N) is 1. The third kappa shape index (κ3) is 5.27. The third-order valence-corrected chi connectivity index (χ3v) is 2.87. The fraction of sp³-hybridized carbons (Fsp3) is 1.00. The van der Waals surface area contributed by atoms with Gasteiger partial charge in [-0.15, -0.1) is 0 Å². The number of nitrogens with one attached hydrogen (secondary N) is 1. The second-order valence-corrected chi connectivity index (χ2v) is 3.97. The van der Waals surface area contributed by atoms with E-state index in [1.165, 1.54) is 19.3 Å². The van der Waals surface area contributed by atoms with Crippen molar-refractivity contribution >= 4 is 0 Å². The Bertz CT molecular complexity index is 111. The minimum atomic E-state index is 0.643. The van der Waals surface area contributed by atoms with Crippen LogP contribution < -0.4 is 5.32 Å². The largest absolute Gasteiger partial charge is 0.316 e. The van der Waals surface area contributed by atoms with E-state index >= 15 is 0 Å². The summed E-state index contributed by atoms with van der Waals surface area (Å²) >= 11 is 0. The normalized spacial score (nSPS) is 16.2. The van der Waals surface area contributed by atoms with Crippen LogP contribution in [0.3, 0.4) is 0 Å². The Balaban J connectivity index is 3.75. The van der Waals surface area contributed by atoms with Gasteiger partial charge in [-0.2, -0.15) is 0 Å². The smallest absolute Gasteiger partial charge is 0.0189 e. The van der Waals surface area contributed by atoms with Crippen LogP contribution in [0.5, 0.6) is 0 Å². The quantitative estimate of drug-likeness (QED) is 0.655. The van der Waals surface area contributed by atoms with Gasteiger partial charge < -0.3 is 10.2 Å². The molecule has 0 aliphatic heterocycles. The predicted octanol–water partition coefficient (Wildman–Crippen LogP) is 2.10. The summed E-state index contributed by atoms with van der Waals surface area (Å²) in [7, 11) is 4.27. The Hall–Kier alpha value is -0.0800. The lowest BCUT2D eigenvalue weighted by molar-refractivity contribution is 0.219. The van der Waals surface area contributed by atoms with Gasteiger partial charge in [-0.1, -0.05) is 20.3 Å². The van der Waals surface area contributed by atoms with E-state index in [1.807, 2.05) is 7.05 Å². The van der Waals surface area contributed by atoms with Crippen LogP contribution >= 0.6 is 0 Å². The summed E-state index contributed by atoms with van der Waals surface area (Å²) in [6.45, 7) is 7.96. The van der Waals surface area contributed by atoms with Gasteiger partial charge in [0.25, 0.3) is 0 Å². The third-order valence-electron chi connectivity index (χ3n) is 2.87. The summed E-state index contributed by atoms with van der Waals surface area (Å²) in [6, 6.07) is 1.36. The molecule has 2 nitrogen and oxygen atoms in total. The van der Waals surface area contributed by atoms with Crippen LogP contribution in [-0.4, -0.2) is 37.6 Å². The van der Waals surface area contributed by atoms with E-state index in [-0.39, 0.29) is 0 Å². The lowest BCUT2D eigenvalue weighted by Crippen LogP contribution is -2.41. The Morgan fingerprint density at radius 3 is 2.31 bits per heavy atom. The zero-order valence-electron chi connectivity index (χ0n) is 9.93. The maximum Gasteiger partial charge on any atom is 0.0189 e. The van der Waals surface area contributed by atoms with Crippen molar-refractivity contribution in [3.63, 3.8) is 0 Å². The predicted molar refractivity (Wildman–Crippen MR) is 60.1 cm³/mol. The molecule has 2 unspecified atom stereocenters. The molecule has 1 N–H and O–H groups in total. The first-order chi connectivity index (χ1) is 6.15. The fourth-order valence-electron chi connectivity index (χ4n) is 1.59. The lowest BCUT2D eigenvalue weighted by atomic mass is 10.1. The van der Waals surface area contributed by atoms with Crippen molar-refractivity contribution in [2.24, 2.45) is 0 Å². The van der Waals surface area contributed by atoms with Gasteiger partial charge >= 0.3 is 0 Å². The maximum atomic E-state index is 3.34. The van der Waals surface area contributed by atoms with Crippen LogP contribution in [0, 0.1) is 0 Å². The molecule has 0 rings (SSSR count). The molecule has 0 fully saturated rings. The fourth-order valence-corrected chi connectivity index (χ4v) is 1.59. The molecule has 0 saturated heterocycles. The summed E-state index contributed by atoms with van der Waals surface area (Å²) in [4.78, 5) is 2.45. The van der Waals surface area contributed by atoms with Crippen LogP contribution in [0.2, 0.25) is 0 Å². The molecule has 0 aliphatic carbocycles. The summed E-state index contributed by atoms with van der Waals surface area (Å²) in [5.74, 6) is 0. The summed E-state index contributed by atoms with van der Waals surface area (Å²) in [5, 5.41) is 3.34. The SMILES string of the molecule is CCCC(C)N(C)CC(CC)NC. The van der Waals surface area contributed by atoms with Gasteiger partial charge in [-0.25, -0.2) is 0 Å². The molecule has 0 heterocycles. The molecule has 0 spiro atoms. The van der Waals surface area contributed by atoms with E-state index in [9.17, 15) is 0 Å². The molecule has 0 aliphatic rings. The van der Waals surface area contributed by atoms with Gasteiger partial charge in [0.05, 0.1) is 0 Å². The molecule has 0 bridgehead atoms. The Labute approximate surface area is 83.7 Å². The minimum Gasteiger partial charge on any atom is -0.316 e. The highest BCUT2D eigenvalue weighted by Gasteiger charge is 2.11. The lowest BCUT2D eigenvalue weighted by Gasteiger charge is -2.28. The van der Waals surface area contributed by atoms with Gasteiger partial charge in [0, 0.05) is 18.6 Å². The zero-order valence-corrected chi connectivity index (χ0v) is 9.93. The molecule has 0 aromatic carbocycles. The average molecular weight is 186 g/mol. The van der Waals surface area contributed by atoms with Crippen molar-refractivity contribution in [3.8, 4) is 0 Å². The Kier molecular flexibility index (Phi) is 7.29. The van der Waals surface area contributed by atoms with E-state index in [1.54, 1.807) is 0 Å². The number of hydrogen-bond acceptors (Lipinski definition) is 2. The first-order valence-electron chi connectivity index (χ1n) is 5.53. The van der Waals surface area contributed by atoms with Gasteiger partial charge in [0.15, 0.2) is 0 Å². The molecule has 2 atom stereocenters. The first-order valence-corrected chi connectivity index (χ1v) is 5.53. The maximum absolute atomic E-state index is 3.34.